The van der Waals surface area contributed by atoms with Crippen LogP contribution in [0.1, 0.15) is 19.8 Å². The first-order chi connectivity index (χ1) is 11.6. The van der Waals surface area contributed by atoms with E-state index in [9.17, 15) is 0 Å². The van der Waals surface area contributed by atoms with Crippen LogP contribution in [-0.2, 0) is 7.05 Å². The molecule has 24 heavy (non-hydrogen) atoms. The molecule has 0 aliphatic carbocycles. The smallest absolute Gasteiger partial charge is 0.226 e. The molecule has 0 radical (unpaired) electrons. The van der Waals surface area contributed by atoms with Crippen molar-refractivity contribution in [3.8, 4) is 11.5 Å². The molecule has 0 amide bonds. The van der Waals surface area contributed by atoms with Gasteiger partial charge in [0.15, 0.2) is 5.82 Å². The highest BCUT2D eigenvalue weighted by atomic mass is 35.5. The molecule has 1 saturated heterocycles. The molecule has 0 bridgehead atoms. The fourth-order valence-electron chi connectivity index (χ4n) is 3.23. The summed E-state index contributed by atoms with van der Waals surface area (Å²) in [4.78, 5) is 16.1. The number of nitrogens with zero attached hydrogens (tertiary/aromatic N) is 5. The minimum atomic E-state index is 0.530. The van der Waals surface area contributed by atoms with E-state index in [2.05, 4.69) is 16.8 Å². The number of aromatic nitrogens is 4. The molecule has 6 heteroatoms. The lowest BCUT2D eigenvalue weighted by Crippen LogP contribution is -2.34. The van der Waals surface area contributed by atoms with Crippen LogP contribution in [0.5, 0.6) is 0 Å². The number of aryl methyl sites for hydroxylation is 1. The first-order valence-corrected chi connectivity index (χ1v) is 8.70. The number of hydrogen-bond acceptors (Lipinski definition) is 4. The van der Waals surface area contributed by atoms with E-state index in [1.807, 2.05) is 35.9 Å². The molecular weight excluding hydrogens is 322 g/mol. The van der Waals surface area contributed by atoms with Gasteiger partial charge in [0.1, 0.15) is 5.69 Å². The van der Waals surface area contributed by atoms with Gasteiger partial charge in [0.25, 0.3) is 0 Å². The third kappa shape index (κ3) is 2.63. The van der Waals surface area contributed by atoms with E-state index in [4.69, 9.17) is 21.6 Å². The van der Waals surface area contributed by atoms with Gasteiger partial charge >= 0.3 is 0 Å². The fraction of sp³-hybridized carbons (Fsp3) is 0.389. The Morgan fingerprint density at radius 1 is 1.12 bits per heavy atom. The quantitative estimate of drug-likeness (QED) is 0.708. The van der Waals surface area contributed by atoms with E-state index >= 15 is 0 Å². The van der Waals surface area contributed by atoms with Crippen LogP contribution in [-0.4, -0.2) is 32.6 Å². The van der Waals surface area contributed by atoms with Crippen molar-refractivity contribution in [3.63, 3.8) is 0 Å². The van der Waals surface area contributed by atoms with Crippen LogP contribution in [0, 0.1) is 5.92 Å². The molecule has 2 aromatic heterocycles. The van der Waals surface area contributed by atoms with E-state index in [1.165, 1.54) is 12.8 Å². The average Bonchev–Trinajstić information content (AvgIpc) is 2.93. The molecule has 0 spiro atoms. The van der Waals surface area contributed by atoms with Gasteiger partial charge in [-0.25, -0.2) is 15.0 Å². The second kappa shape index (κ2) is 6.06. The van der Waals surface area contributed by atoms with Crippen LogP contribution in [0.2, 0.25) is 5.02 Å². The number of halogens is 1. The maximum atomic E-state index is 6.40. The van der Waals surface area contributed by atoms with Gasteiger partial charge in [-0.2, -0.15) is 0 Å². The Morgan fingerprint density at radius 3 is 2.62 bits per heavy atom. The Balaban J connectivity index is 1.77. The summed E-state index contributed by atoms with van der Waals surface area (Å²) in [5, 5.41) is 0.530. The molecule has 3 heterocycles. The summed E-state index contributed by atoms with van der Waals surface area (Å²) in [7, 11) is 1.99. The lowest BCUT2D eigenvalue weighted by molar-refractivity contribution is 0.434. The van der Waals surface area contributed by atoms with Crippen LogP contribution in [0.25, 0.3) is 22.6 Å². The van der Waals surface area contributed by atoms with Crippen molar-refractivity contribution in [2.24, 2.45) is 13.0 Å². The zero-order valence-electron chi connectivity index (χ0n) is 13.9. The lowest BCUT2D eigenvalue weighted by atomic mass is 10.00. The first kappa shape index (κ1) is 15.4. The largest absolute Gasteiger partial charge is 0.341 e. The number of fused-ring (bicyclic) bond motifs is 1. The minimum Gasteiger partial charge on any atom is -0.341 e. The third-order valence-corrected chi connectivity index (χ3v) is 5.07. The van der Waals surface area contributed by atoms with Gasteiger partial charge in [-0.05, 0) is 30.9 Å². The second-order valence-electron chi connectivity index (χ2n) is 6.52. The number of benzene rings is 1. The molecule has 0 unspecified atom stereocenters. The Bertz CT molecular complexity index is 880. The second-order valence-corrected chi connectivity index (χ2v) is 6.93. The van der Waals surface area contributed by atoms with Crippen LogP contribution in [0.15, 0.2) is 30.5 Å². The van der Waals surface area contributed by atoms with E-state index in [0.29, 0.717) is 10.7 Å². The summed E-state index contributed by atoms with van der Waals surface area (Å²) in [5.41, 5.74) is 2.70. The number of para-hydroxylation sites is 2. The topological polar surface area (TPSA) is 46.8 Å². The molecule has 0 N–H and O–H groups in total. The van der Waals surface area contributed by atoms with Crippen molar-refractivity contribution in [1.82, 2.24) is 19.5 Å². The van der Waals surface area contributed by atoms with Gasteiger partial charge in [-0.1, -0.05) is 30.7 Å². The Kier molecular flexibility index (Phi) is 3.88. The van der Waals surface area contributed by atoms with Gasteiger partial charge in [0, 0.05) is 20.1 Å². The highest BCUT2D eigenvalue weighted by Crippen LogP contribution is 2.29. The van der Waals surface area contributed by atoms with Crippen molar-refractivity contribution >= 4 is 28.6 Å². The zero-order chi connectivity index (χ0) is 16.7. The molecule has 0 saturated carbocycles. The summed E-state index contributed by atoms with van der Waals surface area (Å²) >= 11 is 6.40. The van der Waals surface area contributed by atoms with Gasteiger partial charge in [0.2, 0.25) is 5.95 Å². The monoisotopic (exact) mass is 341 g/mol. The van der Waals surface area contributed by atoms with E-state index in [0.717, 1.165) is 41.8 Å². The summed E-state index contributed by atoms with van der Waals surface area (Å²) < 4.78 is 2.03. The molecule has 1 aromatic carbocycles. The van der Waals surface area contributed by atoms with E-state index < -0.39 is 0 Å². The van der Waals surface area contributed by atoms with Crippen LogP contribution < -0.4 is 4.90 Å². The number of piperidine rings is 1. The SMILES string of the molecule is CC1CCN(c2ncc(Cl)c(-c3nc4ccccc4n3C)n2)CC1. The molecule has 5 nitrogen and oxygen atoms in total. The summed E-state index contributed by atoms with van der Waals surface area (Å²) in [5.74, 6) is 2.29. The first-order valence-electron chi connectivity index (χ1n) is 8.33. The summed E-state index contributed by atoms with van der Waals surface area (Å²) in [6.07, 6.45) is 4.04. The molecule has 1 aliphatic heterocycles. The zero-order valence-corrected chi connectivity index (χ0v) is 14.7. The predicted octanol–water partition coefficient (Wildman–Crippen LogP) is 3.92. The van der Waals surface area contributed by atoms with Gasteiger partial charge in [-0.15, -0.1) is 0 Å². The van der Waals surface area contributed by atoms with Crippen LogP contribution in [0.4, 0.5) is 5.95 Å². The van der Waals surface area contributed by atoms with E-state index in [-0.39, 0.29) is 0 Å². The molecule has 1 aliphatic rings. The van der Waals surface area contributed by atoms with Crippen LogP contribution >= 0.6 is 11.6 Å². The lowest BCUT2D eigenvalue weighted by Gasteiger charge is -2.30. The Hall–Kier alpha value is -2.14. The normalized spacial score (nSPS) is 16.0. The highest BCUT2D eigenvalue weighted by Gasteiger charge is 2.21. The van der Waals surface area contributed by atoms with E-state index in [1.54, 1.807) is 6.20 Å². The summed E-state index contributed by atoms with van der Waals surface area (Å²) in [6.45, 7) is 4.28. The number of imidazole rings is 1. The summed E-state index contributed by atoms with van der Waals surface area (Å²) in [6, 6.07) is 8.05. The van der Waals surface area contributed by atoms with Crippen molar-refractivity contribution in [3.05, 3.63) is 35.5 Å². The van der Waals surface area contributed by atoms with Gasteiger partial charge in [0.05, 0.1) is 22.3 Å². The number of hydrogen-bond donors (Lipinski definition) is 0. The van der Waals surface area contributed by atoms with Crippen molar-refractivity contribution < 1.29 is 0 Å². The van der Waals surface area contributed by atoms with Crippen molar-refractivity contribution in [2.45, 2.75) is 19.8 Å². The molecular formula is C18H20ClN5. The predicted molar refractivity (Wildman–Crippen MR) is 97.4 cm³/mol. The standard InChI is InChI=1S/C18H20ClN5/c1-12-7-9-24(10-8-12)18-20-11-13(19)16(22-18)17-21-14-5-3-4-6-15(14)23(17)2/h3-6,11-12H,7-10H2,1-2H3. The average molecular weight is 342 g/mol. The fourth-order valence-corrected chi connectivity index (χ4v) is 3.41. The molecule has 124 valence electrons. The molecule has 4 rings (SSSR count). The Labute approximate surface area is 146 Å². The van der Waals surface area contributed by atoms with Gasteiger partial charge < -0.3 is 9.47 Å². The number of rotatable bonds is 2. The van der Waals surface area contributed by atoms with Gasteiger partial charge in [-0.3, -0.25) is 0 Å². The molecule has 1 fully saturated rings. The minimum absolute atomic E-state index is 0.530. The van der Waals surface area contributed by atoms with Crippen molar-refractivity contribution in [1.29, 1.82) is 0 Å². The molecule has 3 aromatic rings. The van der Waals surface area contributed by atoms with Crippen molar-refractivity contribution in [2.75, 3.05) is 18.0 Å². The molecule has 0 atom stereocenters. The third-order valence-electron chi connectivity index (χ3n) is 4.80. The maximum absolute atomic E-state index is 6.40. The maximum Gasteiger partial charge on any atom is 0.226 e. The highest BCUT2D eigenvalue weighted by molar-refractivity contribution is 6.32. The number of anilines is 1. The Morgan fingerprint density at radius 2 is 1.88 bits per heavy atom. The van der Waals surface area contributed by atoms with Crippen LogP contribution in [0.3, 0.4) is 0 Å².